The van der Waals surface area contributed by atoms with Crippen molar-refractivity contribution in [2.45, 2.75) is 27.7 Å². The molecule has 1 radical (unpaired) electrons. The second-order valence-electron chi connectivity index (χ2n) is 2.94. The van der Waals surface area contributed by atoms with Crippen LogP contribution in [-0.2, 0) is 4.74 Å². The van der Waals surface area contributed by atoms with Gasteiger partial charge in [0.25, 0.3) is 0 Å². The van der Waals surface area contributed by atoms with E-state index in [1.54, 1.807) is 0 Å². The third kappa shape index (κ3) is 11.5. The van der Waals surface area contributed by atoms with E-state index >= 15 is 0 Å². The van der Waals surface area contributed by atoms with Crippen molar-refractivity contribution in [2.24, 2.45) is 5.41 Å². The van der Waals surface area contributed by atoms with Crippen molar-refractivity contribution in [1.29, 1.82) is 0 Å². The topological polar surface area (TPSA) is 44.2 Å². The standard InChI is InChI=1S/C7H15O.H3N/c1-5-8-6-7(2,3)4;/h6H,5H2,1-4H3;1H3. The van der Waals surface area contributed by atoms with Gasteiger partial charge in [-0.05, 0) is 12.3 Å². The van der Waals surface area contributed by atoms with Crippen LogP contribution in [0.1, 0.15) is 27.7 Å². The van der Waals surface area contributed by atoms with E-state index in [0.717, 1.165) is 6.61 Å². The first kappa shape index (κ1) is 11.7. The highest BCUT2D eigenvalue weighted by Gasteiger charge is 2.09. The molecule has 0 aromatic carbocycles. The molecule has 0 aliphatic carbocycles. The van der Waals surface area contributed by atoms with Gasteiger partial charge >= 0.3 is 0 Å². The average Bonchev–Trinajstić information content (AvgIpc) is 1.59. The summed E-state index contributed by atoms with van der Waals surface area (Å²) in [6.45, 7) is 11.0. The Balaban J connectivity index is 0. The normalized spacial score (nSPS) is 10.7. The summed E-state index contributed by atoms with van der Waals surface area (Å²) in [6.07, 6.45) is 0. The molecule has 0 bridgehead atoms. The second kappa shape index (κ2) is 4.77. The molecule has 57 valence electrons. The molecule has 0 aliphatic heterocycles. The number of hydrogen-bond donors (Lipinski definition) is 1. The van der Waals surface area contributed by atoms with Gasteiger partial charge in [-0.25, -0.2) is 0 Å². The summed E-state index contributed by atoms with van der Waals surface area (Å²) < 4.78 is 5.07. The van der Waals surface area contributed by atoms with Crippen molar-refractivity contribution in [3.63, 3.8) is 0 Å². The molecule has 0 rings (SSSR count). The fraction of sp³-hybridized carbons (Fsp3) is 0.857. The highest BCUT2D eigenvalue weighted by Crippen LogP contribution is 2.16. The zero-order valence-electron chi connectivity index (χ0n) is 6.90. The van der Waals surface area contributed by atoms with Crippen LogP contribution in [0, 0.1) is 12.0 Å². The molecule has 9 heavy (non-hydrogen) atoms. The van der Waals surface area contributed by atoms with E-state index in [2.05, 4.69) is 20.8 Å². The summed E-state index contributed by atoms with van der Waals surface area (Å²) in [5.74, 6) is 0. The molecule has 0 unspecified atom stereocenters. The molecule has 0 aromatic rings. The van der Waals surface area contributed by atoms with Crippen molar-refractivity contribution in [2.75, 3.05) is 6.61 Å². The van der Waals surface area contributed by atoms with Gasteiger partial charge in [-0.1, -0.05) is 20.8 Å². The largest absolute Gasteiger partial charge is 0.375 e. The number of rotatable bonds is 2. The Labute approximate surface area is 58.2 Å². The first-order valence-electron chi connectivity index (χ1n) is 3.02. The van der Waals surface area contributed by atoms with Crippen LogP contribution in [0.2, 0.25) is 0 Å². The summed E-state index contributed by atoms with van der Waals surface area (Å²) >= 11 is 0. The van der Waals surface area contributed by atoms with Crippen LogP contribution in [0.15, 0.2) is 0 Å². The fourth-order valence-corrected chi connectivity index (χ4v) is 0.333. The molecule has 3 N–H and O–H groups in total. The van der Waals surface area contributed by atoms with Crippen LogP contribution in [0.4, 0.5) is 0 Å². The molecular weight excluding hydrogens is 114 g/mol. The molecule has 0 saturated heterocycles. The van der Waals surface area contributed by atoms with Crippen molar-refractivity contribution in [3.05, 3.63) is 6.61 Å². The zero-order chi connectivity index (χ0) is 6.62. The molecule has 2 heteroatoms. The van der Waals surface area contributed by atoms with Gasteiger partial charge in [0.1, 0.15) is 0 Å². The van der Waals surface area contributed by atoms with Gasteiger partial charge in [0.15, 0.2) is 0 Å². The van der Waals surface area contributed by atoms with Crippen LogP contribution >= 0.6 is 0 Å². The van der Waals surface area contributed by atoms with Gasteiger partial charge in [-0.2, -0.15) is 0 Å². The molecule has 0 saturated carbocycles. The molecule has 0 atom stereocenters. The van der Waals surface area contributed by atoms with Gasteiger partial charge in [0.05, 0.1) is 6.61 Å². The van der Waals surface area contributed by atoms with E-state index in [1.807, 2.05) is 13.5 Å². The lowest BCUT2D eigenvalue weighted by Gasteiger charge is -2.15. The minimum Gasteiger partial charge on any atom is -0.375 e. The Kier molecular flexibility index (Phi) is 6.19. The van der Waals surface area contributed by atoms with Crippen LogP contribution in [0.5, 0.6) is 0 Å². The fourth-order valence-electron chi connectivity index (χ4n) is 0.333. The van der Waals surface area contributed by atoms with Crippen LogP contribution in [0.3, 0.4) is 0 Å². The highest BCUT2D eigenvalue weighted by atomic mass is 16.5. The Morgan fingerprint density at radius 2 is 1.78 bits per heavy atom. The molecule has 0 aromatic heterocycles. The molecular formula is C7H18NO. The van der Waals surface area contributed by atoms with Gasteiger partial charge < -0.3 is 10.9 Å². The third-order valence-electron chi connectivity index (χ3n) is 0.604. The molecule has 2 nitrogen and oxygen atoms in total. The SMILES string of the molecule is CCO[CH]C(C)(C)C.N. The highest BCUT2D eigenvalue weighted by molar-refractivity contribution is 4.70. The maximum Gasteiger partial charge on any atom is 0.0889 e. The maximum absolute atomic E-state index is 5.07. The Morgan fingerprint density at radius 3 is 1.89 bits per heavy atom. The van der Waals surface area contributed by atoms with E-state index < -0.39 is 0 Å². The quantitative estimate of drug-likeness (QED) is 0.627. The lowest BCUT2D eigenvalue weighted by molar-refractivity contribution is 0.151. The third-order valence-corrected chi connectivity index (χ3v) is 0.604. The number of ether oxygens (including phenoxy) is 1. The lowest BCUT2D eigenvalue weighted by atomic mass is 9.99. The minimum absolute atomic E-state index is 0. The van der Waals surface area contributed by atoms with E-state index in [-0.39, 0.29) is 11.6 Å². The van der Waals surface area contributed by atoms with E-state index in [0.29, 0.717) is 0 Å². The van der Waals surface area contributed by atoms with Gasteiger partial charge in [-0.15, -0.1) is 0 Å². The first-order chi connectivity index (χ1) is 3.56. The molecule has 0 amide bonds. The van der Waals surface area contributed by atoms with E-state index in [4.69, 9.17) is 4.74 Å². The Morgan fingerprint density at radius 1 is 1.33 bits per heavy atom. The van der Waals surface area contributed by atoms with Crippen LogP contribution < -0.4 is 6.15 Å². The minimum atomic E-state index is 0. The predicted octanol–water partition coefficient (Wildman–Crippen LogP) is 2.39. The molecule has 0 heterocycles. The van der Waals surface area contributed by atoms with Crippen LogP contribution in [-0.4, -0.2) is 6.61 Å². The average molecular weight is 132 g/mol. The van der Waals surface area contributed by atoms with E-state index in [1.165, 1.54) is 0 Å². The van der Waals surface area contributed by atoms with Crippen molar-refractivity contribution in [1.82, 2.24) is 6.15 Å². The van der Waals surface area contributed by atoms with Gasteiger partial charge in [-0.3, -0.25) is 0 Å². The molecule has 0 aliphatic rings. The van der Waals surface area contributed by atoms with Crippen molar-refractivity contribution < 1.29 is 4.74 Å². The second-order valence-corrected chi connectivity index (χ2v) is 2.94. The van der Waals surface area contributed by atoms with Gasteiger partial charge in [0.2, 0.25) is 0 Å². The molecule has 0 spiro atoms. The van der Waals surface area contributed by atoms with Crippen molar-refractivity contribution in [3.8, 4) is 0 Å². The van der Waals surface area contributed by atoms with E-state index in [9.17, 15) is 0 Å². The summed E-state index contributed by atoms with van der Waals surface area (Å²) in [6, 6.07) is 0. The zero-order valence-corrected chi connectivity index (χ0v) is 6.90. The Bertz CT molecular complexity index is 56.4. The smallest absolute Gasteiger partial charge is 0.0889 e. The monoisotopic (exact) mass is 132 g/mol. The lowest BCUT2D eigenvalue weighted by Crippen LogP contribution is -2.07. The van der Waals surface area contributed by atoms with Gasteiger partial charge in [0, 0.05) is 6.61 Å². The molecule has 0 fully saturated rings. The summed E-state index contributed by atoms with van der Waals surface area (Å²) in [5, 5.41) is 0. The van der Waals surface area contributed by atoms with Crippen molar-refractivity contribution >= 4 is 0 Å². The maximum atomic E-state index is 5.07. The summed E-state index contributed by atoms with van der Waals surface area (Å²) in [4.78, 5) is 0. The first-order valence-corrected chi connectivity index (χ1v) is 3.02. The van der Waals surface area contributed by atoms with Crippen LogP contribution in [0.25, 0.3) is 0 Å². The predicted molar refractivity (Wildman–Crippen MR) is 40.4 cm³/mol. The number of hydrogen-bond acceptors (Lipinski definition) is 2. The summed E-state index contributed by atoms with van der Waals surface area (Å²) in [5.41, 5.74) is 0.204. The summed E-state index contributed by atoms with van der Waals surface area (Å²) in [7, 11) is 0. The Hall–Kier alpha value is -0.0800.